The topological polar surface area (TPSA) is 59.1 Å². The number of hydrogen-bond acceptors (Lipinski definition) is 4. The molecule has 2 rings (SSSR count). The lowest BCUT2D eigenvalue weighted by Crippen LogP contribution is -2.26. The molecule has 1 N–H and O–H groups in total. The minimum atomic E-state index is -3.47. The summed E-state index contributed by atoms with van der Waals surface area (Å²) in [5.41, 5.74) is 0.707. The van der Waals surface area contributed by atoms with Crippen LogP contribution in [0.2, 0.25) is 0 Å². The molecule has 0 saturated heterocycles. The van der Waals surface area contributed by atoms with Gasteiger partial charge < -0.3 is 0 Å². The van der Waals surface area contributed by atoms with Crippen LogP contribution in [0.3, 0.4) is 0 Å². The largest absolute Gasteiger partial charge is 0.260 e. The van der Waals surface area contributed by atoms with Crippen LogP contribution >= 0.6 is 11.3 Å². The van der Waals surface area contributed by atoms with Gasteiger partial charge >= 0.3 is 0 Å². The van der Waals surface area contributed by atoms with Crippen molar-refractivity contribution in [1.82, 2.24) is 9.71 Å². The Hall–Kier alpha value is -1.24. The van der Waals surface area contributed by atoms with Crippen LogP contribution in [0.1, 0.15) is 30.5 Å². The van der Waals surface area contributed by atoms with Crippen LogP contribution in [0.4, 0.5) is 0 Å². The molecule has 0 fully saturated rings. The fourth-order valence-corrected chi connectivity index (χ4v) is 4.20. The second-order valence-electron chi connectivity index (χ2n) is 4.17. The van der Waals surface area contributed by atoms with E-state index in [0.29, 0.717) is 9.90 Å². The number of pyridine rings is 1. The number of aryl methyl sites for hydroxylation is 1. The van der Waals surface area contributed by atoms with E-state index in [1.165, 1.54) is 11.3 Å². The van der Waals surface area contributed by atoms with Crippen molar-refractivity contribution in [1.29, 1.82) is 0 Å². The average Bonchev–Trinajstić information content (AvgIpc) is 2.89. The van der Waals surface area contributed by atoms with Crippen molar-refractivity contribution in [2.45, 2.75) is 30.5 Å². The first-order chi connectivity index (χ1) is 9.03. The zero-order valence-electron chi connectivity index (χ0n) is 10.8. The molecule has 0 bridgehead atoms. The van der Waals surface area contributed by atoms with Gasteiger partial charge in [0.2, 0.25) is 0 Å². The van der Waals surface area contributed by atoms with Crippen LogP contribution in [0.15, 0.2) is 40.7 Å². The number of thiophene rings is 1. The van der Waals surface area contributed by atoms with Gasteiger partial charge in [-0.3, -0.25) is 4.98 Å². The van der Waals surface area contributed by atoms with Crippen molar-refractivity contribution in [3.63, 3.8) is 0 Å². The zero-order valence-corrected chi connectivity index (χ0v) is 12.5. The van der Waals surface area contributed by atoms with E-state index >= 15 is 0 Å². The maximum atomic E-state index is 12.2. The summed E-state index contributed by atoms with van der Waals surface area (Å²) in [6.07, 6.45) is 2.50. The third kappa shape index (κ3) is 3.40. The Morgan fingerprint density at radius 3 is 2.68 bits per heavy atom. The fraction of sp³-hybridized carbons (Fsp3) is 0.308. The van der Waals surface area contributed by atoms with E-state index in [2.05, 4.69) is 9.71 Å². The second kappa shape index (κ2) is 5.81. The summed E-state index contributed by atoms with van der Waals surface area (Å²) in [6, 6.07) is 8.60. The number of aromatic nitrogens is 1. The molecule has 0 radical (unpaired) electrons. The lowest BCUT2D eigenvalue weighted by Gasteiger charge is -2.12. The summed E-state index contributed by atoms with van der Waals surface area (Å²) in [5.74, 6) is 0. The summed E-state index contributed by atoms with van der Waals surface area (Å²) >= 11 is 1.31. The van der Waals surface area contributed by atoms with Crippen LogP contribution in [0.5, 0.6) is 0 Å². The summed E-state index contributed by atoms with van der Waals surface area (Å²) in [5, 5.41) is 0. The van der Waals surface area contributed by atoms with Crippen LogP contribution in [-0.4, -0.2) is 13.4 Å². The molecule has 4 nitrogen and oxygen atoms in total. The van der Waals surface area contributed by atoms with Crippen molar-refractivity contribution in [2.24, 2.45) is 0 Å². The van der Waals surface area contributed by atoms with Gasteiger partial charge in [0, 0.05) is 11.1 Å². The minimum Gasteiger partial charge on any atom is -0.260 e. The summed E-state index contributed by atoms with van der Waals surface area (Å²) in [4.78, 5) is 5.22. The Morgan fingerprint density at radius 2 is 2.11 bits per heavy atom. The van der Waals surface area contributed by atoms with Gasteiger partial charge in [0.15, 0.2) is 0 Å². The van der Waals surface area contributed by atoms with Gasteiger partial charge in [0.25, 0.3) is 10.0 Å². The molecule has 0 aliphatic rings. The highest BCUT2D eigenvalue weighted by molar-refractivity contribution is 7.91. The molecule has 19 heavy (non-hydrogen) atoms. The molecular formula is C13H16N2O2S2. The van der Waals surface area contributed by atoms with Crippen LogP contribution < -0.4 is 4.72 Å². The van der Waals surface area contributed by atoms with E-state index < -0.39 is 10.0 Å². The minimum absolute atomic E-state index is 0.349. The van der Waals surface area contributed by atoms with E-state index in [1.807, 2.05) is 19.1 Å². The highest BCUT2D eigenvalue weighted by atomic mass is 32.2. The summed E-state index contributed by atoms with van der Waals surface area (Å²) in [7, 11) is -3.47. The Morgan fingerprint density at radius 1 is 1.32 bits per heavy atom. The first kappa shape index (κ1) is 14.2. The normalized spacial score (nSPS) is 13.4. The molecule has 6 heteroatoms. The van der Waals surface area contributed by atoms with Gasteiger partial charge in [0.05, 0.1) is 11.7 Å². The SMILES string of the molecule is CCc1ccc(S(=O)(=O)NC(C)c2ccccn2)s1. The van der Waals surface area contributed by atoms with Crippen molar-refractivity contribution in [3.8, 4) is 0 Å². The molecule has 0 aromatic carbocycles. The lowest BCUT2D eigenvalue weighted by molar-refractivity contribution is 0.566. The molecule has 2 heterocycles. The van der Waals surface area contributed by atoms with Gasteiger partial charge in [-0.1, -0.05) is 13.0 Å². The van der Waals surface area contributed by atoms with Crippen molar-refractivity contribution < 1.29 is 8.42 Å². The number of sulfonamides is 1. The van der Waals surface area contributed by atoms with Gasteiger partial charge in [-0.05, 0) is 37.6 Å². The molecule has 0 amide bonds. The molecule has 2 aromatic heterocycles. The maximum absolute atomic E-state index is 12.2. The first-order valence-electron chi connectivity index (χ1n) is 6.05. The van der Waals surface area contributed by atoms with E-state index in [4.69, 9.17) is 0 Å². The number of nitrogens with zero attached hydrogens (tertiary/aromatic N) is 1. The Bertz CT molecular complexity index is 636. The molecule has 0 aliphatic heterocycles. The quantitative estimate of drug-likeness (QED) is 0.923. The van der Waals surface area contributed by atoms with E-state index in [9.17, 15) is 8.42 Å². The number of hydrogen-bond donors (Lipinski definition) is 1. The van der Waals surface area contributed by atoms with Crippen LogP contribution in [0.25, 0.3) is 0 Å². The highest BCUT2D eigenvalue weighted by Crippen LogP contribution is 2.23. The second-order valence-corrected chi connectivity index (χ2v) is 7.28. The molecule has 1 unspecified atom stereocenters. The molecule has 0 aliphatic carbocycles. The molecule has 0 spiro atoms. The van der Waals surface area contributed by atoms with Crippen LogP contribution in [-0.2, 0) is 16.4 Å². The standard InChI is InChI=1S/C13H16N2O2S2/c1-3-11-7-8-13(18-11)19(16,17)15-10(2)12-6-4-5-9-14-12/h4-10,15H,3H2,1-2H3. The monoisotopic (exact) mass is 296 g/mol. The van der Waals surface area contributed by atoms with E-state index in [-0.39, 0.29) is 6.04 Å². The van der Waals surface area contributed by atoms with Gasteiger partial charge in [-0.2, -0.15) is 0 Å². The molecule has 1 atom stereocenters. The molecule has 0 saturated carbocycles. The average molecular weight is 296 g/mol. The first-order valence-corrected chi connectivity index (χ1v) is 8.35. The van der Waals surface area contributed by atoms with Crippen molar-refractivity contribution in [3.05, 3.63) is 47.1 Å². The van der Waals surface area contributed by atoms with Gasteiger partial charge in [-0.15, -0.1) is 11.3 Å². The van der Waals surface area contributed by atoms with Gasteiger partial charge in [0.1, 0.15) is 4.21 Å². The smallest absolute Gasteiger partial charge is 0.250 e. The Labute approximate surface area is 117 Å². The van der Waals surface area contributed by atoms with E-state index in [0.717, 1.165) is 11.3 Å². The highest BCUT2D eigenvalue weighted by Gasteiger charge is 2.20. The lowest BCUT2D eigenvalue weighted by atomic mass is 10.2. The molecular weight excluding hydrogens is 280 g/mol. The van der Waals surface area contributed by atoms with Crippen LogP contribution in [0, 0.1) is 0 Å². The van der Waals surface area contributed by atoms with Crippen molar-refractivity contribution in [2.75, 3.05) is 0 Å². The number of rotatable bonds is 5. The molecule has 102 valence electrons. The molecule has 2 aromatic rings. The van der Waals surface area contributed by atoms with E-state index in [1.54, 1.807) is 31.3 Å². The Kier molecular flexibility index (Phi) is 4.34. The van der Waals surface area contributed by atoms with Gasteiger partial charge in [-0.25, -0.2) is 13.1 Å². The zero-order chi connectivity index (χ0) is 13.9. The summed E-state index contributed by atoms with van der Waals surface area (Å²) in [6.45, 7) is 3.79. The predicted molar refractivity (Wildman–Crippen MR) is 76.7 cm³/mol. The summed E-state index contributed by atoms with van der Waals surface area (Å²) < 4.78 is 27.4. The Balaban J connectivity index is 2.17. The third-order valence-corrected chi connectivity index (χ3v) is 5.98. The third-order valence-electron chi connectivity index (χ3n) is 2.71. The fourth-order valence-electron chi connectivity index (χ4n) is 1.68. The predicted octanol–water partition coefficient (Wildman–Crippen LogP) is 2.75. The number of nitrogens with one attached hydrogen (secondary N) is 1. The van der Waals surface area contributed by atoms with Crippen molar-refractivity contribution >= 4 is 21.4 Å². The maximum Gasteiger partial charge on any atom is 0.250 e.